The van der Waals surface area contributed by atoms with E-state index >= 15 is 0 Å². The SMILES string of the molecule is CCC(CC(O)CO)[Si](OC)(OC)OC. The lowest BCUT2D eigenvalue weighted by Gasteiger charge is -2.32. The largest absolute Gasteiger partial charge is 0.503 e. The molecule has 0 aromatic rings. The highest BCUT2D eigenvalue weighted by atomic mass is 28.4. The van der Waals surface area contributed by atoms with E-state index in [4.69, 9.17) is 18.4 Å². The van der Waals surface area contributed by atoms with Gasteiger partial charge in [-0.25, -0.2) is 0 Å². The fraction of sp³-hybridized carbons (Fsp3) is 1.00. The van der Waals surface area contributed by atoms with Crippen molar-refractivity contribution in [2.24, 2.45) is 0 Å². The van der Waals surface area contributed by atoms with Crippen molar-refractivity contribution in [3.8, 4) is 0 Å². The molecule has 0 bridgehead atoms. The summed E-state index contributed by atoms with van der Waals surface area (Å²) in [5, 5.41) is 18.2. The minimum Gasteiger partial charge on any atom is -0.394 e. The summed E-state index contributed by atoms with van der Waals surface area (Å²) in [6, 6.07) is 0. The lowest BCUT2D eigenvalue weighted by atomic mass is 10.1. The minimum absolute atomic E-state index is 0.000324. The van der Waals surface area contributed by atoms with E-state index in [1.165, 1.54) is 0 Å². The Kier molecular flexibility index (Phi) is 7.32. The van der Waals surface area contributed by atoms with Crippen LogP contribution in [0.4, 0.5) is 0 Å². The highest BCUT2D eigenvalue weighted by molar-refractivity contribution is 6.62. The summed E-state index contributed by atoms with van der Waals surface area (Å²) in [5.41, 5.74) is -0.000324. The van der Waals surface area contributed by atoms with Gasteiger partial charge in [-0.1, -0.05) is 6.92 Å². The third-order valence-electron chi connectivity index (χ3n) is 2.61. The van der Waals surface area contributed by atoms with Crippen LogP contribution in [0.15, 0.2) is 0 Å². The average Bonchev–Trinajstić information content (AvgIpc) is 2.29. The van der Waals surface area contributed by atoms with E-state index in [0.29, 0.717) is 6.42 Å². The van der Waals surface area contributed by atoms with Gasteiger partial charge in [-0.3, -0.25) is 0 Å². The Hall–Kier alpha value is 0.0169. The molecule has 0 aromatic carbocycles. The first-order chi connectivity index (χ1) is 7.10. The second-order valence-electron chi connectivity index (χ2n) is 3.39. The van der Waals surface area contributed by atoms with Crippen molar-refractivity contribution < 1.29 is 23.5 Å². The van der Waals surface area contributed by atoms with E-state index in [1.807, 2.05) is 6.92 Å². The third kappa shape index (κ3) is 3.82. The molecule has 0 saturated heterocycles. The maximum atomic E-state index is 9.41. The van der Waals surface area contributed by atoms with Crippen molar-refractivity contribution in [1.82, 2.24) is 0 Å². The number of rotatable bonds is 8. The molecule has 2 N–H and O–H groups in total. The second-order valence-corrected chi connectivity index (χ2v) is 6.64. The van der Waals surface area contributed by atoms with E-state index < -0.39 is 14.9 Å². The predicted octanol–water partition coefficient (Wildman–Crippen LogP) is 0.388. The van der Waals surface area contributed by atoms with Gasteiger partial charge in [0.2, 0.25) is 0 Å². The van der Waals surface area contributed by atoms with Gasteiger partial charge in [0.05, 0.1) is 12.7 Å². The van der Waals surface area contributed by atoms with E-state index in [0.717, 1.165) is 6.42 Å². The van der Waals surface area contributed by atoms with Crippen LogP contribution in [0, 0.1) is 0 Å². The molecule has 5 nitrogen and oxygen atoms in total. The summed E-state index contributed by atoms with van der Waals surface area (Å²) in [6.45, 7) is 1.73. The summed E-state index contributed by atoms with van der Waals surface area (Å²) in [6.07, 6.45) is 0.454. The normalized spacial score (nSPS) is 16.4. The first kappa shape index (κ1) is 15.0. The summed E-state index contributed by atoms with van der Waals surface area (Å²) >= 11 is 0. The molecule has 0 aliphatic rings. The third-order valence-corrected chi connectivity index (χ3v) is 5.96. The monoisotopic (exact) mass is 238 g/mol. The molecule has 0 radical (unpaired) electrons. The molecule has 0 rings (SSSR count). The Bertz CT molecular complexity index is 154. The lowest BCUT2D eigenvalue weighted by Crippen LogP contribution is -2.48. The van der Waals surface area contributed by atoms with Gasteiger partial charge in [0.15, 0.2) is 0 Å². The molecule has 2 atom stereocenters. The summed E-state index contributed by atoms with van der Waals surface area (Å²) in [5.74, 6) is 0. The molecule has 0 aliphatic heterocycles. The lowest BCUT2D eigenvalue weighted by molar-refractivity contribution is 0.0646. The quantitative estimate of drug-likeness (QED) is 0.599. The van der Waals surface area contributed by atoms with Crippen molar-refractivity contribution in [1.29, 1.82) is 0 Å². The second kappa shape index (κ2) is 7.32. The van der Waals surface area contributed by atoms with E-state index in [-0.39, 0.29) is 12.1 Å². The van der Waals surface area contributed by atoms with Gasteiger partial charge in [0.1, 0.15) is 0 Å². The fourth-order valence-corrected chi connectivity index (χ4v) is 4.27. The van der Waals surface area contributed by atoms with Crippen molar-refractivity contribution in [3.63, 3.8) is 0 Å². The predicted molar refractivity (Wildman–Crippen MR) is 58.5 cm³/mol. The topological polar surface area (TPSA) is 68.2 Å². The Labute approximate surface area is 92.3 Å². The summed E-state index contributed by atoms with van der Waals surface area (Å²) in [7, 11) is 1.95. The Balaban J connectivity index is 4.58. The molecule has 2 unspecified atom stereocenters. The molecule has 0 fully saturated rings. The van der Waals surface area contributed by atoms with Crippen LogP contribution < -0.4 is 0 Å². The smallest absolute Gasteiger partial charge is 0.394 e. The molecule has 0 saturated carbocycles. The zero-order valence-corrected chi connectivity index (χ0v) is 10.9. The van der Waals surface area contributed by atoms with Gasteiger partial charge >= 0.3 is 8.80 Å². The van der Waals surface area contributed by atoms with Crippen LogP contribution >= 0.6 is 0 Å². The highest BCUT2D eigenvalue weighted by Crippen LogP contribution is 2.31. The Morgan fingerprint density at radius 1 is 1.13 bits per heavy atom. The van der Waals surface area contributed by atoms with Crippen LogP contribution in [-0.4, -0.2) is 53.1 Å². The molecule has 0 aliphatic carbocycles. The van der Waals surface area contributed by atoms with Crippen molar-refractivity contribution >= 4 is 8.80 Å². The Morgan fingerprint density at radius 3 is 1.87 bits per heavy atom. The van der Waals surface area contributed by atoms with Gasteiger partial charge < -0.3 is 23.5 Å². The van der Waals surface area contributed by atoms with Crippen molar-refractivity contribution in [3.05, 3.63) is 0 Å². The van der Waals surface area contributed by atoms with Crippen molar-refractivity contribution in [2.45, 2.75) is 31.4 Å². The zero-order valence-electron chi connectivity index (χ0n) is 9.90. The fourth-order valence-electron chi connectivity index (χ4n) is 1.71. The van der Waals surface area contributed by atoms with E-state index in [2.05, 4.69) is 0 Å². The van der Waals surface area contributed by atoms with Crippen LogP contribution in [0.3, 0.4) is 0 Å². The number of hydrogen-bond donors (Lipinski definition) is 2. The molecule has 15 heavy (non-hydrogen) atoms. The van der Waals surface area contributed by atoms with Crippen LogP contribution in [0.25, 0.3) is 0 Å². The maximum absolute atomic E-state index is 9.41. The molecule has 0 spiro atoms. The van der Waals surface area contributed by atoms with Gasteiger partial charge in [-0.2, -0.15) is 0 Å². The highest BCUT2D eigenvalue weighted by Gasteiger charge is 2.46. The first-order valence-corrected chi connectivity index (χ1v) is 6.84. The average molecular weight is 238 g/mol. The standard InChI is InChI=1S/C9H22O5Si/c1-5-9(6-8(11)7-10)15(12-2,13-3)14-4/h8-11H,5-7H2,1-4H3. The first-order valence-electron chi connectivity index (χ1n) is 5.04. The van der Waals surface area contributed by atoms with Gasteiger partial charge in [0.25, 0.3) is 0 Å². The van der Waals surface area contributed by atoms with E-state index in [1.54, 1.807) is 21.3 Å². The maximum Gasteiger partial charge on any atom is 0.503 e. The van der Waals surface area contributed by atoms with Crippen LogP contribution in [-0.2, 0) is 13.3 Å². The minimum atomic E-state index is -2.70. The van der Waals surface area contributed by atoms with Crippen LogP contribution in [0.5, 0.6) is 0 Å². The number of aliphatic hydroxyl groups excluding tert-OH is 2. The van der Waals surface area contributed by atoms with E-state index in [9.17, 15) is 5.11 Å². The number of aliphatic hydroxyl groups is 2. The molecule has 0 amide bonds. The summed E-state index contributed by atoms with van der Waals surface area (Å²) in [4.78, 5) is 0. The Morgan fingerprint density at radius 2 is 1.60 bits per heavy atom. The van der Waals surface area contributed by atoms with Gasteiger partial charge in [-0.15, -0.1) is 0 Å². The molecular formula is C9H22O5Si. The molecule has 0 aromatic heterocycles. The van der Waals surface area contributed by atoms with Gasteiger partial charge in [0, 0.05) is 26.9 Å². The van der Waals surface area contributed by atoms with Crippen LogP contribution in [0.1, 0.15) is 19.8 Å². The zero-order chi connectivity index (χ0) is 11.9. The molecule has 6 heteroatoms. The van der Waals surface area contributed by atoms with Crippen LogP contribution in [0.2, 0.25) is 5.54 Å². The number of hydrogen-bond acceptors (Lipinski definition) is 5. The van der Waals surface area contributed by atoms with Crippen molar-refractivity contribution in [2.75, 3.05) is 27.9 Å². The molecule has 0 heterocycles. The molecule has 92 valence electrons. The summed E-state index contributed by atoms with van der Waals surface area (Å²) < 4.78 is 16.0. The van der Waals surface area contributed by atoms with Gasteiger partial charge in [-0.05, 0) is 12.8 Å². The molecular weight excluding hydrogens is 216 g/mol.